The summed E-state index contributed by atoms with van der Waals surface area (Å²) in [7, 11) is 0. The van der Waals surface area contributed by atoms with Crippen LogP contribution in [0.1, 0.15) is 17.7 Å². The van der Waals surface area contributed by atoms with Gasteiger partial charge in [-0.25, -0.2) is 0 Å². The van der Waals surface area contributed by atoms with E-state index in [0.717, 1.165) is 12.8 Å². The molecule has 0 N–H and O–H groups in total. The lowest BCUT2D eigenvalue weighted by Gasteiger charge is -2.13. The number of hydrogen-bond acceptors (Lipinski definition) is 0. The highest BCUT2D eigenvalue weighted by Crippen LogP contribution is 2.42. The Morgan fingerprint density at radius 2 is 1.16 bits per heavy atom. The highest BCUT2D eigenvalue weighted by Gasteiger charge is 2.23. The Hall–Kier alpha value is -4.04. The predicted molar refractivity (Wildman–Crippen MR) is 135 cm³/mol. The Kier molecular flexibility index (Phi) is 3.71. The van der Waals surface area contributed by atoms with Gasteiger partial charge in [0.2, 0.25) is 0 Å². The van der Waals surface area contributed by atoms with Crippen LogP contribution in [0, 0.1) is 0 Å². The number of benzene rings is 4. The van der Waals surface area contributed by atoms with E-state index in [2.05, 4.69) is 118 Å². The second-order valence-corrected chi connectivity index (χ2v) is 8.52. The molecule has 0 radical (unpaired) electrons. The van der Waals surface area contributed by atoms with Gasteiger partial charge < -0.3 is 9.13 Å². The van der Waals surface area contributed by atoms with Crippen molar-refractivity contribution >= 4 is 38.8 Å². The molecule has 2 heterocycles. The first-order valence-corrected chi connectivity index (χ1v) is 11.3. The topological polar surface area (TPSA) is 9.86 Å². The van der Waals surface area contributed by atoms with E-state index in [1.807, 2.05) is 0 Å². The van der Waals surface area contributed by atoms with Gasteiger partial charge in [-0.3, -0.25) is 0 Å². The van der Waals surface area contributed by atoms with Crippen LogP contribution in [0.15, 0.2) is 103 Å². The van der Waals surface area contributed by atoms with Crippen molar-refractivity contribution in [1.29, 1.82) is 0 Å². The third kappa shape index (κ3) is 2.35. The van der Waals surface area contributed by atoms with Crippen LogP contribution in [-0.2, 0) is 6.42 Å². The molecule has 2 aromatic heterocycles. The molecule has 2 heteroatoms. The van der Waals surface area contributed by atoms with E-state index in [-0.39, 0.29) is 0 Å². The minimum atomic E-state index is 1.08. The van der Waals surface area contributed by atoms with Crippen molar-refractivity contribution < 1.29 is 0 Å². The molecule has 7 rings (SSSR count). The van der Waals surface area contributed by atoms with Crippen LogP contribution in [0.3, 0.4) is 0 Å². The van der Waals surface area contributed by atoms with E-state index >= 15 is 0 Å². The van der Waals surface area contributed by atoms with Crippen LogP contribution in [-0.4, -0.2) is 9.13 Å². The van der Waals surface area contributed by atoms with Gasteiger partial charge in [0.15, 0.2) is 0 Å². The first kappa shape index (κ1) is 17.6. The van der Waals surface area contributed by atoms with Gasteiger partial charge in [0.05, 0.1) is 16.6 Å². The van der Waals surface area contributed by atoms with Gasteiger partial charge in [-0.15, -0.1) is 0 Å². The maximum absolute atomic E-state index is 2.47. The van der Waals surface area contributed by atoms with E-state index in [0.29, 0.717) is 0 Å². The average Bonchev–Trinajstić information content (AvgIpc) is 3.38. The molecule has 2 nitrogen and oxygen atoms in total. The van der Waals surface area contributed by atoms with Crippen LogP contribution in [0.5, 0.6) is 0 Å². The number of nitrogens with zero attached hydrogens (tertiary/aromatic N) is 2. The molecule has 0 aliphatic heterocycles. The van der Waals surface area contributed by atoms with Crippen molar-refractivity contribution in [2.24, 2.45) is 0 Å². The Bertz CT molecular complexity index is 1650. The summed E-state index contributed by atoms with van der Waals surface area (Å²) in [6.07, 6.45) is 6.80. The van der Waals surface area contributed by atoms with E-state index in [1.165, 1.54) is 55.3 Å². The number of para-hydroxylation sites is 3. The molecular formula is C30H22N2. The van der Waals surface area contributed by atoms with Crippen molar-refractivity contribution in [2.75, 3.05) is 0 Å². The number of allylic oxidation sites excluding steroid dienone is 1. The molecule has 0 fully saturated rings. The molecule has 0 atom stereocenters. The summed E-state index contributed by atoms with van der Waals surface area (Å²) in [6, 6.07) is 35.0. The second-order valence-electron chi connectivity index (χ2n) is 8.52. The molecule has 0 bridgehead atoms. The zero-order valence-electron chi connectivity index (χ0n) is 17.7. The zero-order valence-corrected chi connectivity index (χ0v) is 17.7. The van der Waals surface area contributed by atoms with Crippen LogP contribution in [0.25, 0.3) is 50.2 Å². The average molecular weight is 411 g/mol. The molecule has 0 spiro atoms. The highest BCUT2D eigenvalue weighted by molar-refractivity contribution is 6.19. The van der Waals surface area contributed by atoms with E-state index in [4.69, 9.17) is 0 Å². The maximum Gasteiger partial charge on any atom is 0.0788 e. The third-order valence-electron chi connectivity index (χ3n) is 6.77. The third-order valence-corrected chi connectivity index (χ3v) is 6.77. The van der Waals surface area contributed by atoms with Crippen molar-refractivity contribution in [3.8, 4) is 11.4 Å². The van der Waals surface area contributed by atoms with Gasteiger partial charge in [0.25, 0.3) is 0 Å². The second kappa shape index (κ2) is 6.73. The van der Waals surface area contributed by atoms with Crippen molar-refractivity contribution in [3.05, 3.63) is 114 Å². The molecule has 1 aliphatic carbocycles. The SMILES string of the molecule is C1=Cc2c(c3ccc4c5ccccc5n(-c5ccccc5)c4c3n2-c2ccccc2)CC1. The van der Waals surface area contributed by atoms with Crippen LogP contribution >= 0.6 is 0 Å². The standard InChI is InChI=1S/C30H22N2/c1-3-11-21(12-4-1)31-27-17-9-7-15-23(27)25-19-20-26-24-16-8-10-18-28(24)32(30(26)29(25)31)22-13-5-2-6-14-22/h1-7,9-15,17-20H,8,16H2. The van der Waals surface area contributed by atoms with Crippen LogP contribution in [0.4, 0.5) is 0 Å². The minimum absolute atomic E-state index is 1.08. The lowest BCUT2D eigenvalue weighted by molar-refractivity contribution is 0.967. The fourth-order valence-corrected chi connectivity index (χ4v) is 5.45. The number of aromatic nitrogens is 2. The molecule has 1 aliphatic rings. The van der Waals surface area contributed by atoms with Gasteiger partial charge in [-0.05, 0) is 54.8 Å². The molecule has 0 amide bonds. The largest absolute Gasteiger partial charge is 0.308 e. The summed E-state index contributed by atoms with van der Waals surface area (Å²) in [5.74, 6) is 0. The van der Waals surface area contributed by atoms with Crippen molar-refractivity contribution in [2.45, 2.75) is 12.8 Å². The van der Waals surface area contributed by atoms with Gasteiger partial charge in [0, 0.05) is 33.2 Å². The fraction of sp³-hybridized carbons (Fsp3) is 0.0667. The Morgan fingerprint density at radius 1 is 0.531 bits per heavy atom. The van der Waals surface area contributed by atoms with E-state index in [1.54, 1.807) is 0 Å². The molecule has 0 saturated heterocycles. The fourth-order valence-electron chi connectivity index (χ4n) is 5.45. The smallest absolute Gasteiger partial charge is 0.0788 e. The van der Waals surface area contributed by atoms with Gasteiger partial charge >= 0.3 is 0 Å². The van der Waals surface area contributed by atoms with Gasteiger partial charge in [-0.1, -0.05) is 72.8 Å². The molecule has 4 aromatic carbocycles. The highest BCUT2D eigenvalue weighted by atomic mass is 15.0. The van der Waals surface area contributed by atoms with E-state index in [9.17, 15) is 0 Å². The normalized spacial score (nSPS) is 13.2. The monoisotopic (exact) mass is 410 g/mol. The van der Waals surface area contributed by atoms with Crippen LogP contribution in [0.2, 0.25) is 0 Å². The predicted octanol–water partition coefficient (Wildman–Crippen LogP) is 7.69. The summed E-state index contributed by atoms with van der Waals surface area (Å²) in [4.78, 5) is 0. The Morgan fingerprint density at radius 3 is 1.94 bits per heavy atom. The zero-order chi connectivity index (χ0) is 21.1. The maximum atomic E-state index is 2.47. The molecule has 152 valence electrons. The number of rotatable bonds is 2. The summed E-state index contributed by atoms with van der Waals surface area (Å²) in [5.41, 5.74) is 9.00. The quantitative estimate of drug-likeness (QED) is 0.277. The number of hydrogen-bond donors (Lipinski definition) is 0. The molecule has 0 unspecified atom stereocenters. The first-order valence-electron chi connectivity index (χ1n) is 11.3. The van der Waals surface area contributed by atoms with Crippen molar-refractivity contribution in [3.63, 3.8) is 0 Å². The lowest BCUT2D eigenvalue weighted by atomic mass is 10.00. The van der Waals surface area contributed by atoms with Crippen LogP contribution < -0.4 is 0 Å². The molecule has 32 heavy (non-hydrogen) atoms. The van der Waals surface area contributed by atoms with Gasteiger partial charge in [0.1, 0.15) is 0 Å². The molecular weight excluding hydrogens is 388 g/mol. The summed E-state index contributed by atoms with van der Waals surface area (Å²) >= 11 is 0. The summed E-state index contributed by atoms with van der Waals surface area (Å²) in [6.45, 7) is 0. The minimum Gasteiger partial charge on any atom is -0.308 e. The Balaban J connectivity index is 1.77. The first-order chi connectivity index (χ1) is 15.9. The lowest BCUT2D eigenvalue weighted by Crippen LogP contribution is -2.01. The summed E-state index contributed by atoms with van der Waals surface area (Å²) in [5, 5.41) is 3.95. The van der Waals surface area contributed by atoms with Gasteiger partial charge in [-0.2, -0.15) is 0 Å². The molecule has 6 aromatic rings. The Labute approximate surface area is 186 Å². The number of aryl methyl sites for hydroxylation is 1. The molecule has 0 saturated carbocycles. The number of fused-ring (bicyclic) bond motifs is 7. The summed E-state index contributed by atoms with van der Waals surface area (Å²) < 4.78 is 4.92. The van der Waals surface area contributed by atoms with E-state index < -0.39 is 0 Å². The van der Waals surface area contributed by atoms with Crippen molar-refractivity contribution in [1.82, 2.24) is 9.13 Å².